The van der Waals surface area contributed by atoms with E-state index in [0.29, 0.717) is 39.4 Å². The first kappa shape index (κ1) is 11.8. The molecule has 2 rings (SSSR count). The Morgan fingerprint density at radius 1 is 1.31 bits per heavy atom. The van der Waals surface area contributed by atoms with Crippen molar-refractivity contribution in [3.8, 4) is 0 Å². The van der Waals surface area contributed by atoms with Crippen molar-refractivity contribution in [1.29, 1.82) is 0 Å². The lowest BCUT2D eigenvalue weighted by Gasteiger charge is -2.25. The molecule has 0 aromatic heterocycles. The minimum Gasteiger partial charge on any atom is -0.386 e. The second kappa shape index (κ2) is 5.12. The van der Waals surface area contributed by atoms with Gasteiger partial charge in [-0.05, 0) is 12.8 Å². The van der Waals surface area contributed by atoms with Gasteiger partial charge in [-0.25, -0.2) is 0 Å². The van der Waals surface area contributed by atoms with Crippen molar-refractivity contribution in [2.45, 2.75) is 24.9 Å². The average Bonchev–Trinajstić information content (AvgIpc) is 2.75. The Hall–Kier alpha value is -0.650. The SMILES string of the molecule is O=C(NCC1(O)CCOC1)C1CCOCC1. The zero-order chi connectivity index (χ0) is 11.4. The fraction of sp³-hybridized carbons (Fsp3) is 0.909. The summed E-state index contributed by atoms with van der Waals surface area (Å²) < 4.78 is 10.3. The highest BCUT2D eigenvalue weighted by Gasteiger charge is 2.33. The van der Waals surface area contributed by atoms with Gasteiger partial charge in [-0.2, -0.15) is 0 Å². The Morgan fingerprint density at radius 3 is 2.69 bits per heavy atom. The molecule has 5 heteroatoms. The zero-order valence-corrected chi connectivity index (χ0v) is 9.41. The molecule has 0 saturated carbocycles. The van der Waals surface area contributed by atoms with Gasteiger partial charge in [0.15, 0.2) is 0 Å². The minimum absolute atomic E-state index is 0.0311. The van der Waals surface area contributed by atoms with Gasteiger partial charge in [0.05, 0.1) is 6.61 Å². The van der Waals surface area contributed by atoms with Gasteiger partial charge in [0.2, 0.25) is 5.91 Å². The van der Waals surface area contributed by atoms with Gasteiger partial charge in [0, 0.05) is 38.7 Å². The number of carbonyl (C=O) groups excluding carboxylic acids is 1. The van der Waals surface area contributed by atoms with Crippen molar-refractivity contribution in [1.82, 2.24) is 5.32 Å². The molecule has 2 aliphatic rings. The first-order valence-corrected chi connectivity index (χ1v) is 5.85. The molecule has 0 aromatic carbocycles. The molecule has 0 radical (unpaired) electrons. The standard InChI is InChI=1S/C11H19NO4/c13-10(9-1-4-15-5-2-9)12-7-11(14)3-6-16-8-11/h9,14H,1-8H2,(H,12,13). The number of hydrogen-bond acceptors (Lipinski definition) is 4. The Bertz CT molecular complexity index is 244. The van der Waals surface area contributed by atoms with E-state index in [2.05, 4.69) is 5.32 Å². The van der Waals surface area contributed by atoms with Crippen LogP contribution in [0, 0.1) is 5.92 Å². The molecule has 0 bridgehead atoms. The number of carbonyl (C=O) groups is 1. The number of aliphatic hydroxyl groups is 1. The second-order valence-electron chi connectivity index (χ2n) is 4.63. The van der Waals surface area contributed by atoms with Crippen molar-refractivity contribution in [3.63, 3.8) is 0 Å². The van der Waals surface area contributed by atoms with E-state index in [-0.39, 0.29) is 11.8 Å². The third-order valence-electron chi connectivity index (χ3n) is 3.27. The Morgan fingerprint density at radius 2 is 2.06 bits per heavy atom. The lowest BCUT2D eigenvalue weighted by Crippen LogP contribution is -2.45. The summed E-state index contributed by atoms with van der Waals surface area (Å²) in [5.41, 5.74) is -0.860. The number of ether oxygens (including phenoxy) is 2. The summed E-state index contributed by atoms with van der Waals surface area (Å²) in [6.45, 7) is 2.50. The van der Waals surface area contributed by atoms with Crippen LogP contribution in [-0.2, 0) is 14.3 Å². The summed E-state index contributed by atoms with van der Waals surface area (Å²) in [6, 6.07) is 0. The first-order chi connectivity index (χ1) is 7.70. The lowest BCUT2D eigenvalue weighted by molar-refractivity contribution is -0.129. The lowest BCUT2D eigenvalue weighted by atomic mass is 9.98. The van der Waals surface area contributed by atoms with E-state index in [0.717, 1.165) is 12.8 Å². The van der Waals surface area contributed by atoms with Crippen molar-refractivity contribution < 1.29 is 19.4 Å². The van der Waals surface area contributed by atoms with Gasteiger partial charge in [-0.15, -0.1) is 0 Å². The van der Waals surface area contributed by atoms with Gasteiger partial charge in [-0.1, -0.05) is 0 Å². The molecular weight excluding hydrogens is 210 g/mol. The Labute approximate surface area is 95.1 Å². The van der Waals surface area contributed by atoms with E-state index >= 15 is 0 Å². The van der Waals surface area contributed by atoms with E-state index in [9.17, 15) is 9.90 Å². The maximum absolute atomic E-state index is 11.8. The molecule has 1 amide bonds. The number of nitrogens with one attached hydrogen (secondary N) is 1. The molecule has 1 unspecified atom stereocenters. The van der Waals surface area contributed by atoms with Crippen LogP contribution >= 0.6 is 0 Å². The van der Waals surface area contributed by atoms with E-state index in [4.69, 9.17) is 9.47 Å². The summed E-state index contributed by atoms with van der Waals surface area (Å²) >= 11 is 0. The summed E-state index contributed by atoms with van der Waals surface area (Å²) in [4.78, 5) is 11.8. The Balaban J connectivity index is 1.74. The topological polar surface area (TPSA) is 67.8 Å². The van der Waals surface area contributed by atoms with Gasteiger partial charge >= 0.3 is 0 Å². The third-order valence-corrected chi connectivity index (χ3v) is 3.27. The molecular formula is C11H19NO4. The summed E-state index contributed by atoms with van der Waals surface area (Å²) in [5.74, 6) is 0.0725. The summed E-state index contributed by atoms with van der Waals surface area (Å²) in [5, 5.41) is 12.8. The highest BCUT2D eigenvalue weighted by atomic mass is 16.5. The van der Waals surface area contributed by atoms with E-state index in [1.165, 1.54) is 0 Å². The number of amides is 1. The second-order valence-corrected chi connectivity index (χ2v) is 4.63. The molecule has 2 saturated heterocycles. The molecule has 92 valence electrons. The quantitative estimate of drug-likeness (QED) is 0.696. The summed E-state index contributed by atoms with van der Waals surface area (Å²) in [7, 11) is 0. The van der Waals surface area contributed by atoms with E-state index in [1.54, 1.807) is 0 Å². The fourth-order valence-corrected chi connectivity index (χ4v) is 2.09. The third kappa shape index (κ3) is 2.93. The van der Waals surface area contributed by atoms with Crippen molar-refractivity contribution in [2.24, 2.45) is 5.92 Å². The predicted molar refractivity (Wildman–Crippen MR) is 56.9 cm³/mol. The van der Waals surface area contributed by atoms with Crippen LogP contribution < -0.4 is 5.32 Å². The fourth-order valence-electron chi connectivity index (χ4n) is 2.09. The van der Waals surface area contributed by atoms with Crippen LogP contribution in [0.3, 0.4) is 0 Å². The number of rotatable bonds is 3. The zero-order valence-electron chi connectivity index (χ0n) is 9.41. The van der Waals surface area contributed by atoms with Gasteiger partial charge in [0.1, 0.15) is 5.60 Å². The maximum Gasteiger partial charge on any atom is 0.223 e. The van der Waals surface area contributed by atoms with Crippen molar-refractivity contribution in [2.75, 3.05) is 33.0 Å². The van der Waals surface area contributed by atoms with Crippen LogP contribution in [0.15, 0.2) is 0 Å². The van der Waals surface area contributed by atoms with E-state index < -0.39 is 5.60 Å². The first-order valence-electron chi connectivity index (χ1n) is 5.85. The minimum atomic E-state index is -0.860. The Kier molecular flexibility index (Phi) is 3.78. The molecule has 0 aromatic rings. The highest BCUT2D eigenvalue weighted by Crippen LogP contribution is 2.18. The molecule has 0 spiro atoms. The molecule has 0 aliphatic carbocycles. The van der Waals surface area contributed by atoms with Gasteiger partial charge < -0.3 is 19.9 Å². The monoisotopic (exact) mass is 229 g/mol. The van der Waals surface area contributed by atoms with Crippen LogP contribution in [0.4, 0.5) is 0 Å². The largest absolute Gasteiger partial charge is 0.386 e. The normalized spacial score (nSPS) is 31.6. The molecule has 2 fully saturated rings. The van der Waals surface area contributed by atoms with Gasteiger partial charge in [0.25, 0.3) is 0 Å². The average molecular weight is 229 g/mol. The van der Waals surface area contributed by atoms with Crippen LogP contribution in [0.1, 0.15) is 19.3 Å². The van der Waals surface area contributed by atoms with Crippen LogP contribution in [0.5, 0.6) is 0 Å². The van der Waals surface area contributed by atoms with Crippen LogP contribution in [0.2, 0.25) is 0 Å². The molecule has 1 atom stereocenters. The predicted octanol–water partition coefficient (Wildman–Crippen LogP) is -0.319. The van der Waals surface area contributed by atoms with Crippen molar-refractivity contribution in [3.05, 3.63) is 0 Å². The highest BCUT2D eigenvalue weighted by molar-refractivity contribution is 5.78. The molecule has 2 N–H and O–H groups in total. The molecule has 2 aliphatic heterocycles. The van der Waals surface area contributed by atoms with E-state index in [1.807, 2.05) is 0 Å². The molecule has 5 nitrogen and oxygen atoms in total. The molecule has 16 heavy (non-hydrogen) atoms. The number of hydrogen-bond donors (Lipinski definition) is 2. The summed E-state index contributed by atoms with van der Waals surface area (Å²) in [6.07, 6.45) is 2.16. The molecule has 2 heterocycles. The van der Waals surface area contributed by atoms with Crippen LogP contribution in [-0.4, -0.2) is 49.6 Å². The van der Waals surface area contributed by atoms with Crippen molar-refractivity contribution >= 4 is 5.91 Å². The van der Waals surface area contributed by atoms with Crippen LogP contribution in [0.25, 0.3) is 0 Å². The smallest absolute Gasteiger partial charge is 0.223 e. The maximum atomic E-state index is 11.8. The van der Waals surface area contributed by atoms with Gasteiger partial charge in [-0.3, -0.25) is 4.79 Å².